The van der Waals surface area contributed by atoms with Gasteiger partial charge in [0, 0.05) is 30.9 Å². The number of piperidine rings is 1. The van der Waals surface area contributed by atoms with Crippen molar-refractivity contribution in [1.82, 2.24) is 14.9 Å². The summed E-state index contributed by atoms with van der Waals surface area (Å²) in [5, 5.41) is 0. The molecule has 0 bridgehead atoms. The van der Waals surface area contributed by atoms with E-state index < -0.39 is 0 Å². The number of hydrogen-bond acceptors (Lipinski definition) is 5. The monoisotopic (exact) mass is 421 g/mol. The first kappa shape index (κ1) is 20.8. The van der Waals surface area contributed by atoms with E-state index in [2.05, 4.69) is 9.97 Å². The minimum atomic E-state index is -0.348. The van der Waals surface area contributed by atoms with Gasteiger partial charge in [-0.25, -0.2) is 9.37 Å². The molecule has 3 aromatic rings. The van der Waals surface area contributed by atoms with Gasteiger partial charge in [0.2, 0.25) is 11.8 Å². The molecular formula is C24H24FN3O3. The Balaban J connectivity index is 1.71. The summed E-state index contributed by atoms with van der Waals surface area (Å²) in [6.45, 7) is 0.338. The van der Waals surface area contributed by atoms with Crippen molar-refractivity contribution in [2.24, 2.45) is 0 Å². The summed E-state index contributed by atoms with van der Waals surface area (Å²) in [4.78, 5) is 23.3. The molecule has 0 aliphatic carbocycles. The highest BCUT2D eigenvalue weighted by Gasteiger charge is 2.34. The maximum atomic E-state index is 14.5. The third-order valence-electron chi connectivity index (χ3n) is 5.55. The number of pyridine rings is 2. The van der Waals surface area contributed by atoms with Crippen LogP contribution in [0.1, 0.15) is 36.4 Å². The molecule has 4 rings (SSSR count). The number of aromatic nitrogens is 2. The third-order valence-corrected chi connectivity index (χ3v) is 5.55. The van der Waals surface area contributed by atoms with Crippen LogP contribution >= 0.6 is 0 Å². The van der Waals surface area contributed by atoms with Crippen molar-refractivity contribution in [2.75, 3.05) is 14.2 Å². The molecule has 1 aliphatic rings. The van der Waals surface area contributed by atoms with Crippen LogP contribution in [0.3, 0.4) is 0 Å². The molecule has 1 aliphatic heterocycles. The van der Waals surface area contributed by atoms with Crippen LogP contribution in [0.4, 0.5) is 4.39 Å². The summed E-state index contributed by atoms with van der Waals surface area (Å²) < 4.78 is 25.5. The average molecular weight is 421 g/mol. The standard InChI is InChI=1S/C24H24FN3O3/c1-30-21-11-13-27-24(31-2)23(21)20-7-5-8-22(29)28(20)15-16-9-10-18(25)17(14-16)19-6-3-4-12-26-19/h3-4,6,9-14,20H,5,7-8,15H2,1-2H3. The first-order valence-corrected chi connectivity index (χ1v) is 10.2. The Morgan fingerprint density at radius 1 is 1.10 bits per heavy atom. The van der Waals surface area contributed by atoms with Crippen LogP contribution in [0.15, 0.2) is 54.9 Å². The van der Waals surface area contributed by atoms with Crippen LogP contribution in [-0.2, 0) is 11.3 Å². The lowest BCUT2D eigenvalue weighted by molar-refractivity contribution is -0.137. The summed E-state index contributed by atoms with van der Waals surface area (Å²) in [6, 6.07) is 11.8. The van der Waals surface area contributed by atoms with E-state index in [0.717, 1.165) is 24.0 Å². The first-order chi connectivity index (χ1) is 15.1. The number of methoxy groups -OCH3 is 2. The van der Waals surface area contributed by atoms with Gasteiger partial charge in [-0.3, -0.25) is 9.78 Å². The fraction of sp³-hybridized carbons (Fsp3) is 0.292. The lowest BCUT2D eigenvalue weighted by Gasteiger charge is -2.37. The molecule has 2 aromatic heterocycles. The fourth-order valence-electron chi connectivity index (χ4n) is 4.09. The second-order valence-electron chi connectivity index (χ2n) is 7.40. The molecule has 31 heavy (non-hydrogen) atoms. The van der Waals surface area contributed by atoms with Gasteiger partial charge in [-0.1, -0.05) is 12.1 Å². The number of carbonyl (C=O) groups is 1. The van der Waals surface area contributed by atoms with Gasteiger partial charge >= 0.3 is 0 Å². The predicted octanol–water partition coefficient (Wildman–Crippen LogP) is 4.55. The molecular weight excluding hydrogens is 397 g/mol. The van der Waals surface area contributed by atoms with E-state index in [9.17, 15) is 9.18 Å². The second-order valence-corrected chi connectivity index (χ2v) is 7.40. The summed E-state index contributed by atoms with van der Waals surface area (Å²) in [5.74, 6) is 0.759. The van der Waals surface area contributed by atoms with Crippen molar-refractivity contribution < 1.29 is 18.7 Å². The molecule has 1 atom stereocenters. The highest BCUT2D eigenvalue weighted by atomic mass is 19.1. The molecule has 160 valence electrons. The number of ether oxygens (including phenoxy) is 2. The minimum Gasteiger partial charge on any atom is -0.496 e. The highest BCUT2D eigenvalue weighted by molar-refractivity contribution is 5.78. The largest absolute Gasteiger partial charge is 0.496 e. The van der Waals surface area contributed by atoms with E-state index >= 15 is 0 Å². The topological polar surface area (TPSA) is 64.6 Å². The van der Waals surface area contributed by atoms with Gasteiger partial charge in [-0.2, -0.15) is 0 Å². The Labute approximate surface area is 180 Å². The molecule has 6 nitrogen and oxygen atoms in total. The predicted molar refractivity (Wildman–Crippen MR) is 114 cm³/mol. The Bertz CT molecular complexity index is 1050. The van der Waals surface area contributed by atoms with E-state index in [4.69, 9.17) is 9.47 Å². The highest BCUT2D eigenvalue weighted by Crippen LogP contribution is 2.41. The summed E-state index contributed by atoms with van der Waals surface area (Å²) >= 11 is 0. The number of benzene rings is 1. The molecule has 1 saturated heterocycles. The smallest absolute Gasteiger partial charge is 0.223 e. The van der Waals surface area contributed by atoms with Crippen LogP contribution in [0.5, 0.6) is 11.6 Å². The molecule has 0 saturated carbocycles. The number of nitrogens with zero attached hydrogens (tertiary/aromatic N) is 3. The van der Waals surface area contributed by atoms with E-state index in [1.807, 2.05) is 6.07 Å². The number of carbonyl (C=O) groups excluding carboxylic acids is 1. The number of likely N-dealkylation sites (tertiary alicyclic amines) is 1. The van der Waals surface area contributed by atoms with Gasteiger partial charge < -0.3 is 14.4 Å². The summed E-state index contributed by atoms with van der Waals surface area (Å²) in [5.41, 5.74) is 2.55. The number of hydrogen-bond donors (Lipinski definition) is 0. The Kier molecular flexibility index (Phi) is 6.11. The van der Waals surface area contributed by atoms with Crippen molar-refractivity contribution in [2.45, 2.75) is 31.8 Å². The zero-order valence-corrected chi connectivity index (χ0v) is 17.5. The molecule has 1 fully saturated rings. The fourth-order valence-corrected chi connectivity index (χ4v) is 4.09. The van der Waals surface area contributed by atoms with Gasteiger partial charge in [0.15, 0.2) is 0 Å². The van der Waals surface area contributed by atoms with E-state index in [1.165, 1.54) is 6.07 Å². The third kappa shape index (κ3) is 4.21. The maximum absolute atomic E-state index is 14.5. The van der Waals surface area contributed by atoms with Crippen LogP contribution in [-0.4, -0.2) is 35.0 Å². The number of amides is 1. The van der Waals surface area contributed by atoms with Gasteiger partial charge in [0.05, 0.1) is 31.5 Å². The maximum Gasteiger partial charge on any atom is 0.223 e. The van der Waals surface area contributed by atoms with Crippen molar-refractivity contribution in [1.29, 1.82) is 0 Å². The molecule has 1 aromatic carbocycles. The van der Waals surface area contributed by atoms with E-state index in [-0.39, 0.29) is 17.8 Å². The van der Waals surface area contributed by atoms with Crippen molar-refractivity contribution >= 4 is 5.91 Å². The molecule has 7 heteroatoms. The molecule has 0 N–H and O–H groups in total. The average Bonchev–Trinajstić information content (AvgIpc) is 2.81. The molecule has 0 spiro atoms. The van der Waals surface area contributed by atoms with Crippen molar-refractivity contribution in [3.8, 4) is 22.9 Å². The van der Waals surface area contributed by atoms with Gasteiger partial charge in [-0.05, 0) is 48.7 Å². The zero-order chi connectivity index (χ0) is 21.8. The SMILES string of the molecule is COc1ccnc(OC)c1C1CCCC(=O)N1Cc1ccc(F)c(-c2ccccn2)c1. The number of halogens is 1. The lowest BCUT2D eigenvalue weighted by Crippen LogP contribution is -2.38. The van der Waals surface area contributed by atoms with Gasteiger partial charge in [0.25, 0.3) is 0 Å². The normalized spacial score (nSPS) is 16.3. The molecule has 1 amide bonds. The minimum absolute atomic E-state index is 0.0351. The van der Waals surface area contributed by atoms with E-state index in [0.29, 0.717) is 35.9 Å². The van der Waals surface area contributed by atoms with Crippen molar-refractivity contribution in [3.63, 3.8) is 0 Å². The number of rotatable bonds is 6. The molecule has 1 unspecified atom stereocenters. The quantitative estimate of drug-likeness (QED) is 0.584. The summed E-state index contributed by atoms with van der Waals surface area (Å²) in [7, 11) is 3.14. The lowest BCUT2D eigenvalue weighted by atomic mass is 9.93. The van der Waals surface area contributed by atoms with Crippen molar-refractivity contribution in [3.05, 3.63) is 71.8 Å². The van der Waals surface area contributed by atoms with Crippen LogP contribution in [0.25, 0.3) is 11.3 Å². The first-order valence-electron chi connectivity index (χ1n) is 10.2. The van der Waals surface area contributed by atoms with E-state index in [1.54, 1.807) is 61.8 Å². The van der Waals surface area contributed by atoms with Crippen LogP contribution in [0, 0.1) is 5.82 Å². The zero-order valence-electron chi connectivity index (χ0n) is 17.5. The van der Waals surface area contributed by atoms with Crippen LogP contribution in [0.2, 0.25) is 0 Å². The molecule has 0 radical (unpaired) electrons. The Hall–Kier alpha value is -3.48. The second kappa shape index (κ2) is 9.12. The Morgan fingerprint density at radius 3 is 2.71 bits per heavy atom. The Morgan fingerprint density at radius 2 is 1.97 bits per heavy atom. The van der Waals surface area contributed by atoms with Gasteiger partial charge in [-0.15, -0.1) is 0 Å². The van der Waals surface area contributed by atoms with Gasteiger partial charge in [0.1, 0.15) is 11.6 Å². The summed E-state index contributed by atoms with van der Waals surface area (Å²) in [6.07, 6.45) is 5.25. The van der Waals surface area contributed by atoms with Crippen LogP contribution < -0.4 is 9.47 Å². The molecule has 3 heterocycles.